The zero-order valence-corrected chi connectivity index (χ0v) is 12.0. The van der Waals surface area contributed by atoms with Crippen LogP contribution in [0.15, 0.2) is 24.3 Å². The van der Waals surface area contributed by atoms with E-state index in [0.29, 0.717) is 25.9 Å². The summed E-state index contributed by atoms with van der Waals surface area (Å²) in [5.74, 6) is 0.223. The third-order valence-electron chi connectivity index (χ3n) is 3.85. The first kappa shape index (κ1) is 16.1. The lowest BCUT2D eigenvalue weighted by molar-refractivity contribution is -0.148. The zero-order valence-electron chi connectivity index (χ0n) is 12.0. The van der Waals surface area contributed by atoms with Gasteiger partial charge >= 0.3 is 6.18 Å². The molecule has 0 bridgehead atoms. The van der Waals surface area contributed by atoms with Gasteiger partial charge in [-0.1, -0.05) is 12.1 Å². The third-order valence-corrected chi connectivity index (χ3v) is 3.85. The molecule has 0 aromatic heterocycles. The summed E-state index contributed by atoms with van der Waals surface area (Å²) in [6.07, 6.45) is -2.70. The molecule has 0 radical (unpaired) electrons. The second-order valence-corrected chi connectivity index (χ2v) is 5.65. The van der Waals surface area contributed by atoms with Crippen molar-refractivity contribution in [2.24, 2.45) is 0 Å². The summed E-state index contributed by atoms with van der Waals surface area (Å²) < 4.78 is 37.0. The van der Waals surface area contributed by atoms with Gasteiger partial charge in [-0.2, -0.15) is 13.2 Å². The average Bonchev–Trinajstić information content (AvgIpc) is 2.39. The van der Waals surface area contributed by atoms with Gasteiger partial charge < -0.3 is 10.4 Å². The molecule has 1 saturated heterocycles. The van der Waals surface area contributed by atoms with Crippen LogP contribution in [0.5, 0.6) is 5.75 Å². The van der Waals surface area contributed by atoms with Crippen LogP contribution >= 0.6 is 0 Å². The lowest BCUT2D eigenvalue weighted by Gasteiger charge is -2.34. The Balaban J connectivity index is 1.81. The number of halogens is 3. The van der Waals surface area contributed by atoms with Crippen LogP contribution in [-0.2, 0) is 0 Å². The number of likely N-dealkylation sites (tertiary alicyclic amines) is 1. The number of alkyl halides is 3. The number of piperidine rings is 1. The fourth-order valence-electron chi connectivity index (χ4n) is 2.76. The van der Waals surface area contributed by atoms with Gasteiger partial charge in [-0.3, -0.25) is 4.90 Å². The minimum absolute atomic E-state index is 0.0660. The number of phenolic OH excluding ortho intramolecular Hbond substituents is 1. The molecule has 1 atom stereocenters. The van der Waals surface area contributed by atoms with Crippen molar-refractivity contribution >= 4 is 0 Å². The highest BCUT2D eigenvalue weighted by Gasteiger charge is 2.32. The van der Waals surface area contributed by atoms with Crippen molar-refractivity contribution in [1.29, 1.82) is 0 Å². The van der Waals surface area contributed by atoms with Crippen LogP contribution in [0.3, 0.4) is 0 Å². The Morgan fingerprint density at radius 3 is 2.57 bits per heavy atom. The molecule has 2 N–H and O–H groups in total. The van der Waals surface area contributed by atoms with Crippen LogP contribution in [0.1, 0.15) is 31.4 Å². The predicted octanol–water partition coefficient (Wildman–Crippen LogP) is 3.07. The smallest absolute Gasteiger partial charge is 0.401 e. The lowest BCUT2D eigenvalue weighted by atomic mass is 10.0. The molecular weight excluding hydrogens is 281 g/mol. The first-order valence-corrected chi connectivity index (χ1v) is 7.17. The highest BCUT2D eigenvalue weighted by molar-refractivity contribution is 5.29. The van der Waals surface area contributed by atoms with Gasteiger partial charge in [0, 0.05) is 12.1 Å². The van der Waals surface area contributed by atoms with E-state index in [9.17, 15) is 18.3 Å². The molecule has 6 heteroatoms. The van der Waals surface area contributed by atoms with Crippen molar-refractivity contribution in [2.75, 3.05) is 19.6 Å². The molecule has 21 heavy (non-hydrogen) atoms. The highest BCUT2D eigenvalue weighted by Crippen LogP contribution is 2.22. The summed E-state index contributed by atoms with van der Waals surface area (Å²) in [7, 11) is 0. The largest absolute Gasteiger partial charge is 0.508 e. The number of phenols is 1. The summed E-state index contributed by atoms with van der Waals surface area (Å²) in [4.78, 5) is 1.46. The number of nitrogens with zero attached hydrogens (tertiary/aromatic N) is 1. The van der Waals surface area contributed by atoms with E-state index >= 15 is 0 Å². The van der Waals surface area contributed by atoms with Crippen LogP contribution in [-0.4, -0.2) is 41.9 Å². The van der Waals surface area contributed by atoms with Gasteiger partial charge in [-0.15, -0.1) is 0 Å². The number of aromatic hydroxyl groups is 1. The molecule has 1 aliphatic rings. The van der Waals surface area contributed by atoms with Gasteiger partial charge in [0.25, 0.3) is 0 Å². The number of hydrogen-bond acceptors (Lipinski definition) is 3. The van der Waals surface area contributed by atoms with Crippen molar-refractivity contribution < 1.29 is 18.3 Å². The van der Waals surface area contributed by atoms with Crippen LogP contribution in [0, 0.1) is 0 Å². The monoisotopic (exact) mass is 302 g/mol. The summed E-state index contributed by atoms with van der Waals surface area (Å²) >= 11 is 0. The van der Waals surface area contributed by atoms with Crippen LogP contribution in [0.4, 0.5) is 13.2 Å². The van der Waals surface area contributed by atoms with Gasteiger partial charge in [0.1, 0.15) is 5.75 Å². The Morgan fingerprint density at radius 2 is 2.00 bits per heavy atom. The van der Waals surface area contributed by atoms with E-state index in [4.69, 9.17) is 0 Å². The van der Waals surface area contributed by atoms with Gasteiger partial charge in [0.05, 0.1) is 6.54 Å². The number of rotatable bonds is 4. The van der Waals surface area contributed by atoms with E-state index in [-0.39, 0.29) is 17.8 Å². The summed E-state index contributed by atoms with van der Waals surface area (Å²) in [6, 6.07) is 7.32. The molecule has 3 nitrogen and oxygen atoms in total. The van der Waals surface area contributed by atoms with Crippen molar-refractivity contribution in [3.05, 3.63) is 29.8 Å². The van der Waals surface area contributed by atoms with E-state index in [2.05, 4.69) is 5.32 Å². The number of nitrogens with one attached hydrogen (secondary N) is 1. The van der Waals surface area contributed by atoms with Crippen molar-refractivity contribution in [1.82, 2.24) is 10.2 Å². The van der Waals surface area contributed by atoms with Crippen molar-refractivity contribution in [3.63, 3.8) is 0 Å². The first-order chi connectivity index (χ1) is 9.83. The predicted molar refractivity (Wildman–Crippen MR) is 75.2 cm³/mol. The van der Waals surface area contributed by atoms with Crippen LogP contribution < -0.4 is 5.32 Å². The second kappa shape index (κ2) is 6.66. The molecule has 1 aliphatic heterocycles. The Hall–Kier alpha value is -1.27. The first-order valence-electron chi connectivity index (χ1n) is 7.17. The molecule has 0 aliphatic carbocycles. The Labute approximate surface area is 122 Å². The summed E-state index contributed by atoms with van der Waals surface area (Å²) in [6.45, 7) is 2.10. The van der Waals surface area contributed by atoms with Crippen LogP contribution in [0.2, 0.25) is 0 Å². The van der Waals surface area contributed by atoms with E-state index in [1.807, 2.05) is 13.0 Å². The Morgan fingerprint density at radius 1 is 1.33 bits per heavy atom. The molecule has 1 heterocycles. The van der Waals surface area contributed by atoms with Gasteiger partial charge in [0.2, 0.25) is 0 Å². The van der Waals surface area contributed by atoms with Gasteiger partial charge in [-0.25, -0.2) is 0 Å². The minimum Gasteiger partial charge on any atom is -0.508 e. The van der Waals surface area contributed by atoms with Gasteiger partial charge in [-0.05, 0) is 50.6 Å². The maximum atomic E-state index is 12.3. The Bertz CT molecular complexity index is 456. The Kier molecular flexibility index (Phi) is 5.11. The molecule has 1 unspecified atom stereocenters. The fourth-order valence-corrected chi connectivity index (χ4v) is 2.76. The highest BCUT2D eigenvalue weighted by atomic mass is 19.4. The zero-order chi connectivity index (χ0) is 15.5. The van der Waals surface area contributed by atoms with E-state index in [0.717, 1.165) is 5.56 Å². The normalized spacial score (nSPS) is 19.6. The SMILES string of the molecule is CC(NC1CCN(CC(F)(F)F)CC1)c1cccc(O)c1. The number of hydrogen-bond donors (Lipinski definition) is 2. The van der Waals surface area contributed by atoms with Crippen molar-refractivity contribution in [2.45, 2.75) is 38.0 Å². The van der Waals surface area contributed by atoms with E-state index in [1.54, 1.807) is 18.2 Å². The maximum absolute atomic E-state index is 12.3. The lowest BCUT2D eigenvalue weighted by Crippen LogP contribution is -2.46. The molecule has 118 valence electrons. The molecule has 0 spiro atoms. The maximum Gasteiger partial charge on any atom is 0.401 e. The molecule has 1 aromatic carbocycles. The molecule has 2 rings (SSSR count). The van der Waals surface area contributed by atoms with Gasteiger partial charge in [0.15, 0.2) is 0 Å². The van der Waals surface area contributed by atoms with E-state index < -0.39 is 12.7 Å². The summed E-state index contributed by atoms with van der Waals surface area (Å²) in [5.41, 5.74) is 0.979. The van der Waals surface area contributed by atoms with Crippen LogP contribution in [0.25, 0.3) is 0 Å². The molecule has 1 fully saturated rings. The average molecular weight is 302 g/mol. The second-order valence-electron chi connectivity index (χ2n) is 5.65. The topological polar surface area (TPSA) is 35.5 Å². The van der Waals surface area contributed by atoms with Crippen molar-refractivity contribution in [3.8, 4) is 5.75 Å². The quantitative estimate of drug-likeness (QED) is 0.897. The standard InChI is InChI=1S/C15H21F3N2O/c1-11(12-3-2-4-14(21)9-12)19-13-5-7-20(8-6-13)10-15(16,17)18/h2-4,9,11,13,19,21H,5-8,10H2,1H3. The molecular formula is C15H21F3N2O. The third kappa shape index (κ3) is 5.21. The van der Waals surface area contributed by atoms with E-state index in [1.165, 1.54) is 4.90 Å². The molecule has 0 saturated carbocycles. The minimum atomic E-state index is -4.12. The molecule has 1 aromatic rings. The molecule has 0 amide bonds. The fraction of sp³-hybridized carbons (Fsp3) is 0.600. The summed E-state index contributed by atoms with van der Waals surface area (Å²) in [5, 5.41) is 12.9. The number of benzene rings is 1.